The van der Waals surface area contributed by atoms with Gasteiger partial charge in [-0.15, -0.1) is 0 Å². The number of hydrogen-bond donors (Lipinski definition) is 1. The van der Waals surface area contributed by atoms with Crippen LogP contribution >= 0.6 is 0 Å². The maximum absolute atomic E-state index is 10.9. The van der Waals surface area contributed by atoms with Gasteiger partial charge >= 0.3 is 5.69 Å². The number of aromatic nitrogens is 2. The lowest BCUT2D eigenvalue weighted by molar-refractivity contribution is -0.383. The average molecular weight is 266 g/mol. The van der Waals surface area contributed by atoms with Crippen molar-refractivity contribution in [1.29, 1.82) is 0 Å². The molecule has 0 radical (unpaired) electrons. The highest BCUT2D eigenvalue weighted by Crippen LogP contribution is 2.31. The molecule has 0 atom stereocenters. The van der Waals surface area contributed by atoms with E-state index < -0.39 is 10.5 Å². The molecule has 1 aromatic carbocycles. The number of likely N-dealkylation sites (N-methyl/N-ethyl adjacent to an activating group) is 1. The molecule has 1 N–H and O–H groups in total. The Balaban J connectivity index is 2.49. The van der Waals surface area contributed by atoms with Crippen molar-refractivity contribution in [3.8, 4) is 0 Å². The molecular weight excluding hydrogens is 252 g/mol. The molecule has 0 bridgehead atoms. The predicted molar refractivity (Wildman–Crippen MR) is 68.0 cm³/mol. The Morgan fingerprint density at radius 1 is 1.42 bits per heavy atom. The smallest absolute Gasteiger partial charge is 0.300 e. The highest BCUT2D eigenvalue weighted by atomic mass is 16.6. The minimum absolute atomic E-state index is 0.102. The number of hydrogen-bond acceptors (Lipinski definition) is 7. The van der Waals surface area contributed by atoms with Gasteiger partial charge in [-0.3, -0.25) is 10.1 Å². The fourth-order valence-corrected chi connectivity index (χ4v) is 1.96. The van der Waals surface area contributed by atoms with E-state index in [4.69, 9.17) is 0 Å². The standard InChI is InChI=1S/C11H14N4O4/c1-11(2,16)6-14(3)7-4-5-8(15(17)18)10-9(7)12-19-13-10/h4-5,16H,6H2,1-3H3. The number of rotatable bonds is 4. The summed E-state index contributed by atoms with van der Waals surface area (Å²) in [5, 5.41) is 27.9. The molecule has 8 nitrogen and oxygen atoms in total. The van der Waals surface area contributed by atoms with E-state index in [0.717, 1.165) is 0 Å². The van der Waals surface area contributed by atoms with Gasteiger partial charge in [0, 0.05) is 19.7 Å². The molecule has 0 aliphatic rings. The molecule has 19 heavy (non-hydrogen) atoms. The third-order valence-electron chi connectivity index (χ3n) is 2.60. The van der Waals surface area contributed by atoms with Gasteiger partial charge in [0.1, 0.15) is 0 Å². The molecule has 0 spiro atoms. The monoisotopic (exact) mass is 266 g/mol. The Labute approximate surface area is 108 Å². The number of fused-ring (bicyclic) bond motifs is 1. The van der Waals surface area contributed by atoms with Gasteiger partial charge in [0.05, 0.1) is 16.2 Å². The summed E-state index contributed by atoms with van der Waals surface area (Å²) in [6.07, 6.45) is 0. The van der Waals surface area contributed by atoms with Gasteiger partial charge in [0.25, 0.3) is 0 Å². The van der Waals surface area contributed by atoms with Crippen LogP contribution in [0.5, 0.6) is 0 Å². The van der Waals surface area contributed by atoms with Gasteiger partial charge in [-0.2, -0.15) is 0 Å². The molecule has 0 unspecified atom stereocenters. The number of anilines is 1. The number of benzene rings is 1. The SMILES string of the molecule is CN(CC(C)(C)O)c1ccc([N+](=O)[O-])c2nonc12. The van der Waals surface area contributed by atoms with Crippen molar-refractivity contribution in [3.63, 3.8) is 0 Å². The molecule has 0 amide bonds. The van der Waals surface area contributed by atoms with Gasteiger partial charge in [-0.25, -0.2) is 4.63 Å². The van der Waals surface area contributed by atoms with E-state index in [0.29, 0.717) is 17.7 Å². The summed E-state index contributed by atoms with van der Waals surface area (Å²) < 4.78 is 4.58. The van der Waals surface area contributed by atoms with Crippen LogP contribution in [0.3, 0.4) is 0 Å². The van der Waals surface area contributed by atoms with E-state index in [9.17, 15) is 15.2 Å². The number of nitro benzene ring substituents is 1. The second-order valence-electron chi connectivity index (χ2n) is 4.99. The highest BCUT2D eigenvalue weighted by molar-refractivity contribution is 5.93. The fourth-order valence-electron chi connectivity index (χ4n) is 1.96. The molecule has 0 saturated carbocycles. The topological polar surface area (TPSA) is 106 Å². The lowest BCUT2D eigenvalue weighted by Crippen LogP contribution is -2.36. The number of nitrogens with zero attached hydrogens (tertiary/aromatic N) is 4. The van der Waals surface area contributed by atoms with Crippen molar-refractivity contribution < 1.29 is 14.7 Å². The second-order valence-corrected chi connectivity index (χ2v) is 4.99. The third kappa shape index (κ3) is 2.63. The highest BCUT2D eigenvalue weighted by Gasteiger charge is 2.23. The summed E-state index contributed by atoms with van der Waals surface area (Å²) in [5.41, 5.74) is -0.0355. The first-order chi connectivity index (χ1) is 8.79. The first-order valence-electron chi connectivity index (χ1n) is 5.63. The molecule has 2 rings (SSSR count). The van der Waals surface area contributed by atoms with E-state index in [2.05, 4.69) is 14.9 Å². The van der Waals surface area contributed by atoms with E-state index in [1.807, 2.05) is 0 Å². The van der Waals surface area contributed by atoms with Crippen molar-refractivity contribution in [1.82, 2.24) is 10.3 Å². The summed E-state index contributed by atoms with van der Waals surface area (Å²) in [5.74, 6) is 0. The summed E-state index contributed by atoms with van der Waals surface area (Å²) in [6, 6.07) is 2.92. The zero-order valence-corrected chi connectivity index (χ0v) is 10.8. The van der Waals surface area contributed by atoms with Crippen LogP contribution in [0.1, 0.15) is 13.8 Å². The Bertz CT molecular complexity index is 617. The fraction of sp³-hybridized carbons (Fsp3) is 0.455. The normalized spacial score (nSPS) is 11.8. The van der Waals surface area contributed by atoms with Gasteiger partial charge < -0.3 is 10.0 Å². The first-order valence-corrected chi connectivity index (χ1v) is 5.63. The van der Waals surface area contributed by atoms with Crippen molar-refractivity contribution in [2.24, 2.45) is 0 Å². The quantitative estimate of drug-likeness (QED) is 0.657. The van der Waals surface area contributed by atoms with E-state index in [-0.39, 0.29) is 11.2 Å². The van der Waals surface area contributed by atoms with Gasteiger partial charge in [0.2, 0.25) is 5.52 Å². The summed E-state index contributed by atoms with van der Waals surface area (Å²) >= 11 is 0. The van der Waals surface area contributed by atoms with Crippen molar-refractivity contribution in [2.45, 2.75) is 19.4 Å². The van der Waals surface area contributed by atoms with E-state index in [1.165, 1.54) is 6.07 Å². The lowest BCUT2D eigenvalue weighted by Gasteiger charge is -2.27. The molecule has 8 heteroatoms. The van der Waals surface area contributed by atoms with Crippen LogP contribution in [0, 0.1) is 10.1 Å². The van der Waals surface area contributed by atoms with Crippen LogP contribution in [-0.4, -0.2) is 39.5 Å². The number of non-ortho nitro benzene ring substituents is 1. The average Bonchev–Trinajstić information content (AvgIpc) is 2.73. The first kappa shape index (κ1) is 13.2. The van der Waals surface area contributed by atoms with Crippen LogP contribution in [-0.2, 0) is 0 Å². The summed E-state index contributed by atoms with van der Waals surface area (Å²) in [7, 11) is 1.76. The number of nitro groups is 1. The maximum atomic E-state index is 10.9. The molecule has 0 fully saturated rings. The molecule has 0 aliphatic heterocycles. The van der Waals surface area contributed by atoms with E-state index in [1.54, 1.807) is 31.9 Å². The lowest BCUT2D eigenvalue weighted by atomic mass is 10.1. The van der Waals surface area contributed by atoms with E-state index >= 15 is 0 Å². The zero-order valence-electron chi connectivity index (χ0n) is 10.8. The molecule has 1 heterocycles. The van der Waals surface area contributed by atoms with Crippen LogP contribution in [0.4, 0.5) is 11.4 Å². The molecule has 0 aliphatic carbocycles. The molecule has 102 valence electrons. The Morgan fingerprint density at radius 2 is 2.05 bits per heavy atom. The van der Waals surface area contributed by atoms with Crippen LogP contribution in [0.2, 0.25) is 0 Å². The predicted octanol–water partition coefficient (Wildman–Crippen LogP) is 1.34. The second kappa shape index (κ2) is 4.47. The minimum atomic E-state index is -0.903. The zero-order chi connectivity index (χ0) is 14.2. The number of aliphatic hydroxyl groups is 1. The largest absolute Gasteiger partial charge is 0.389 e. The van der Waals surface area contributed by atoms with Crippen LogP contribution in [0.15, 0.2) is 16.8 Å². The molecule has 1 aromatic heterocycles. The van der Waals surface area contributed by atoms with Gasteiger partial charge in [-0.1, -0.05) is 0 Å². The summed E-state index contributed by atoms with van der Waals surface area (Å²) in [4.78, 5) is 12.1. The summed E-state index contributed by atoms with van der Waals surface area (Å²) in [6.45, 7) is 3.69. The van der Waals surface area contributed by atoms with Crippen LogP contribution < -0.4 is 4.90 Å². The third-order valence-corrected chi connectivity index (χ3v) is 2.60. The Morgan fingerprint density at radius 3 is 2.63 bits per heavy atom. The minimum Gasteiger partial charge on any atom is -0.389 e. The van der Waals surface area contributed by atoms with Gasteiger partial charge in [-0.05, 0) is 30.2 Å². The Kier molecular flexibility index (Phi) is 3.11. The van der Waals surface area contributed by atoms with Crippen molar-refractivity contribution >= 4 is 22.4 Å². The molecule has 0 saturated heterocycles. The Hall–Kier alpha value is -2.22. The van der Waals surface area contributed by atoms with Gasteiger partial charge in [0.15, 0.2) is 5.52 Å². The molecular formula is C11H14N4O4. The maximum Gasteiger partial charge on any atom is 0.300 e. The van der Waals surface area contributed by atoms with Crippen molar-refractivity contribution in [2.75, 3.05) is 18.5 Å². The molecule has 2 aromatic rings. The van der Waals surface area contributed by atoms with Crippen LogP contribution in [0.25, 0.3) is 11.0 Å². The van der Waals surface area contributed by atoms with Crippen molar-refractivity contribution in [3.05, 3.63) is 22.2 Å².